The summed E-state index contributed by atoms with van der Waals surface area (Å²) in [5, 5.41) is 28.6. The highest BCUT2D eigenvalue weighted by Crippen LogP contribution is 2.47. The summed E-state index contributed by atoms with van der Waals surface area (Å²) in [6.07, 6.45) is 5.27. The molecule has 0 radical (unpaired) electrons. The summed E-state index contributed by atoms with van der Waals surface area (Å²) in [5.41, 5.74) is 5.38. The second-order valence-corrected chi connectivity index (χ2v) is 13.0. The van der Waals surface area contributed by atoms with Crippen LogP contribution < -0.4 is 21.8 Å². The lowest BCUT2D eigenvalue weighted by Crippen LogP contribution is -2.29. The summed E-state index contributed by atoms with van der Waals surface area (Å²) in [4.78, 5) is 33.6. The van der Waals surface area contributed by atoms with Gasteiger partial charge >= 0.3 is 0 Å². The molecule has 10 rings (SSSR count). The average Bonchev–Trinajstić information content (AvgIpc) is 3.82. The van der Waals surface area contributed by atoms with Crippen LogP contribution >= 0.6 is 0 Å². The number of anilines is 2. The molecule has 13 nitrogen and oxygen atoms in total. The van der Waals surface area contributed by atoms with Gasteiger partial charge in [0.1, 0.15) is 18.0 Å². The molecule has 2 aliphatic rings. The number of nitrogens with zero attached hydrogens (tertiary/aromatic N) is 7. The largest absolute Gasteiger partial charge is 0.377 e. The molecular formula is C39H33N11O2. The van der Waals surface area contributed by atoms with Crippen molar-refractivity contribution in [2.75, 3.05) is 10.6 Å². The number of hydrogen-bond donors (Lipinski definition) is 4. The van der Waals surface area contributed by atoms with Crippen LogP contribution in [0.15, 0.2) is 125 Å². The number of aryl methyl sites for hydroxylation is 2. The highest BCUT2D eigenvalue weighted by molar-refractivity contribution is 5.98. The monoisotopic (exact) mass is 687 g/mol. The Morgan fingerprint density at radius 3 is 1.58 bits per heavy atom. The van der Waals surface area contributed by atoms with Crippen molar-refractivity contribution in [1.29, 1.82) is 0 Å². The Morgan fingerprint density at radius 1 is 0.596 bits per heavy atom. The maximum atomic E-state index is 12.3. The summed E-state index contributed by atoms with van der Waals surface area (Å²) in [7, 11) is 3.85. The lowest BCUT2D eigenvalue weighted by Gasteiger charge is -2.34. The number of rotatable bonds is 4. The van der Waals surface area contributed by atoms with Crippen LogP contribution in [0.5, 0.6) is 0 Å². The van der Waals surface area contributed by atoms with E-state index in [9.17, 15) is 9.59 Å². The van der Waals surface area contributed by atoms with Crippen LogP contribution in [-0.2, 0) is 14.1 Å². The molecule has 6 heterocycles. The Balaban J connectivity index is 0.000000138. The molecule has 52 heavy (non-hydrogen) atoms. The molecule has 13 heteroatoms. The first-order valence-corrected chi connectivity index (χ1v) is 16.9. The third-order valence-electron chi connectivity index (χ3n) is 10.0. The Kier molecular flexibility index (Phi) is 7.46. The highest BCUT2D eigenvalue weighted by Gasteiger charge is 2.38. The molecule has 0 saturated carbocycles. The highest BCUT2D eigenvalue weighted by atomic mass is 16.1. The summed E-state index contributed by atoms with van der Waals surface area (Å²) < 4.78 is 3.77. The van der Waals surface area contributed by atoms with Crippen LogP contribution in [0.2, 0.25) is 0 Å². The van der Waals surface area contributed by atoms with E-state index in [1.165, 1.54) is 0 Å². The number of hydrogen-bond acceptors (Lipinski definition) is 9. The Hall–Kier alpha value is -6.89. The molecule has 0 fully saturated rings. The van der Waals surface area contributed by atoms with Gasteiger partial charge in [0, 0.05) is 48.6 Å². The number of aromatic amines is 2. The topological polar surface area (TPSA) is 164 Å². The van der Waals surface area contributed by atoms with Gasteiger partial charge in [-0.05, 0) is 35.4 Å². The third-order valence-corrected chi connectivity index (χ3v) is 10.0. The van der Waals surface area contributed by atoms with Crippen molar-refractivity contribution in [3.05, 3.63) is 171 Å². The molecule has 0 saturated heterocycles. The minimum atomic E-state index is -0.192. The van der Waals surface area contributed by atoms with Crippen molar-refractivity contribution in [2.24, 2.45) is 14.1 Å². The number of H-pyrrole nitrogens is 2. The second kappa shape index (κ2) is 12.5. The van der Waals surface area contributed by atoms with E-state index in [0.717, 1.165) is 56.3 Å². The van der Waals surface area contributed by atoms with Crippen LogP contribution in [0.3, 0.4) is 0 Å². The predicted octanol–water partition coefficient (Wildman–Crippen LogP) is 5.31. The van der Waals surface area contributed by atoms with Gasteiger partial charge in [0.15, 0.2) is 0 Å². The van der Waals surface area contributed by atoms with Crippen molar-refractivity contribution >= 4 is 32.9 Å². The van der Waals surface area contributed by atoms with Crippen molar-refractivity contribution < 1.29 is 0 Å². The lowest BCUT2D eigenvalue weighted by atomic mass is 9.83. The van der Waals surface area contributed by atoms with Gasteiger partial charge in [0.25, 0.3) is 11.1 Å². The van der Waals surface area contributed by atoms with E-state index in [2.05, 4.69) is 70.4 Å². The Bertz CT molecular complexity index is 2510. The zero-order valence-corrected chi connectivity index (χ0v) is 28.2. The van der Waals surface area contributed by atoms with Crippen molar-refractivity contribution in [1.82, 2.24) is 44.7 Å². The molecule has 0 spiro atoms. The average molecular weight is 688 g/mol. The van der Waals surface area contributed by atoms with Gasteiger partial charge in [-0.1, -0.05) is 72.8 Å². The van der Waals surface area contributed by atoms with E-state index in [1.807, 2.05) is 97.7 Å². The van der Waals surface area contributed by atoms with E-state index < -0.39 is 0 Å². The molecule has 4 aromatic heterocycles. The van der Waals surface area contributed by atoms with E-state index in [1.54, 1.807) is 17.2 Å². The van der Waals surface area contributed by atoms with Crippen molar-refractivity contribution in [2.45, 2.75) is 23.9 Å². The first kappa shape index (κ1) is 31.1. The Labute approximate surface area is 296 Å². The van der Waals surface area contributed by atoms with E-state index in [0.29, 0.717) is 10.8 Å². The molecule has 256 valence electrons. The molecule has 2 aliphatic heterocycles. The van der Waals surface area contributed by atoms with Gasteiger partial charge in [-0.2, -0.15) is 15.3 Å². The summed E-state index contributed by atoms with van der Waals surface area (Å²) in [6.45, 7) is 0. The maximum Gasteiger partial charge on any atom is 0.272 e. The van der Waals surface area contributed by atoms with Gasteiger partial charge in [0.2, 0.25) is 0 Å². The summed E-state index contributed by atoms with van der Waals surface area (Å²) >= 11 is 0. The summed E-state index contributed by atoms with van der Waals surface area (Å²) in [5.74, 6) is 1.40. The molecular weight excluding hydrogens is 655 g/mol. The molecule has 4 N–H and O–H groups in total. The number of nitrogens with one attached hydrogen (secondary N) is 4. The molecule has 0 aliphatic carbocycles. The molecule has 8 aromatic rings. The minimum absolute atomic E-state index is 0.0335. The predicted molar refractivity (Wildman–Crippen MR) is 198 cm³/mol. The van der Waals surface area contributed by atoms with Crippen LogP contribution in [0.25, 0.3) is 21.5 Å². The fourth-order valence-electron chi connectivity index (χ4n) is 7.68. The zero-order valence-electron chi connectivity index (χ0n) is 28.2. The van der Waals surface area contributed by atoms with Crippen LogP contribution in [-0.4, -0.2) is 44.7 Å². The van der Waals surface area contributed by atoms with Gasteiger partial charge in [-0.25, -0.2) is 20.2 Å². The second-order valence-electron chi connectivity index (χ2n) is 13.0. The van der Waals surface area contributed by atoms with Gasteiger partial charge in [-0.15, -0.1) is 0 Å². The van der Waals surface area contributed by atoms with Crippen molar-refractivity contribution in [3.63, 3.8) is 0 Å². The lowest BCUT2D eigenvalue weighted by molar-refractivity contribution is 0.566. The fraction of sp³-hybridized carbons (Fsp3) is 0.154. The first-order chi connectivity index (χ1) is 25.5. The van der Waals surface area contributed by atoms with Crippen LogP contribution in [0.4, 0.5) is 11.4 Å². The van der Waals surface area contributed by atoms with Crippen LogP contribution in [0.1, 0.15) is 58.1 Å². The number of imidazole rings is 1. The smallest absolute Gasteiger partial charge is 0.272 e. The zero-order chi connectivity index (χ0) is 35.3. The SMILES string of the molecule is Cn1ccnc1C1c2n[nH]c(=O)c3cccc(c23)NC1c1ccccc1.Cn1ncnc1C1c2n[nH]c(=O)c3cccc(c23)NC1c1ccccc1. The van der Waals surface area contributed by atoms with Crippen molar-refractivity contribution in [3.8, 4) is 0 Å². The molecule has 4 unspecified atom stereocenters. The number of benzene rings is 4. The molecule has 4 atom stereocenters. The van der Waals surface area contributed by atoms with Gasteiger partial charge in [0.05, 0.1) is 46.1 Å². The third kappa shape index (κ3) is 5.04. The molecule has 0 amide bonds. The van der Waals surface area contributed by atoms with Gasteiger partial charge < -0.3 is 15.2 Å². The minimum Gasteiger partial charge on any atom is -0.377 e. The quantitative estimate of drug-likeness (QED) is 0.192. The van der Waals surface area contributed by atoms with E-state index in [4.69, 9.17) is 0 Å². The van der Waals surface area contributed by atoms with E-state index in [-0.39, 0.29) is 35.0 Å². The number of aromatic nitrogens is 9. The Morgan fingerprint density at radius 2 is 1.12 bits per heavy atom. The van der Waals surface area contributed by atoms with Crippen LogP contribution in [0, 0.1) is 0 Å². The molecule has 0 bridgehead atoms. The first-order valence-electron chi connectivity index (χ1n) is 16.9. The normalized spacial score (nSPS) is 18.7. The maximum absolute atomic E-state index is 12.3. The standard InChI is InChI=1S/C20H17N5O.C19H16N6O/c1-25-11-10-21-19(25)16-17(12-6-3-2-4-7-12)22-14-9-5-8-13-15(14)18(16)23-24-20(13)26;1-25-18(20-10-21-25)15-16(11-6-3-2-4-7-11)22-13-9-5-8-12-14(13)17(15)23-24-19(12)26/h2-11,16-17,22H,1H3,(H,24,26);2-10,15-16,22H,1H3,(H,24,26). The van der Waals surface area contributed by atoms with Gasteiger partial charge in [-0.3, -0.25) is 14.3 Å². The summed E-state index contributed by atoms with van der Waals surface area (Å²) in [6, 6.07) is 31.8. The fourth-order valence-corrected chi connectivity index (χ4v) is 7.68. The van der Waals surface area contributed by atoms with E-state index >= 15 is 0 Å². The molecule has 4 aromatic carbocycles.